The molecule has 0 spiro atoms. The fraction of sp³-hybridized carbons (Fsp3) is 0.462. The highest BCUT2D eigenvalue weighted by molar-refractivity contribution is 6.33. The smallest absolute Gasteiger partial charge is 0.255 e. The second-order valence-corrected chi connectivity index (χ2v) is 5.35. The quantitative estimate of drug-likeness (QED) is 0.786. The first-order valence-corrected chi connectivity index (χ1v) is 6.14. The molecule has 0 N–H and O–H groups in total. The lowest BCUT2D eigenvalue weighted by atomic mass is 10.0. The Morgan fingerprint density at radius 3 is 2.83 bits per heavy atom. The lowest BCUT2D eigenvalue weighted by molar-refractivity contribution is -0.0370. The van der Waals surface area contributed by atoms with Crippen molar-refractivity contribution in [3.8, 4) is 0 Å². The Balaban J connectivity index is 2.30. The van der Waals surface area contributed by atoms with Crippen molar-refractivity contribution in [3.63, 3.8) is 0 Å². The maximum Gasteiger partial charge on any atom is 0.255 e. The van der Waals surface area contributed by atoms with Gasteiger partial charge < -0.3 is 9.64 Å². The molecule has 0 radical (unpaired) electrons. The van der Waals surface area contributed by atoms with E-state index in [-0.39, 0.29) is 16.5 Å². The molecule has 1 aromatic rings. The standard InChI is InChI=1S/C13H15ClFNO2/c1-13(2)8-18-6-5-16(13)12(17)10-4-3-9(15)7-11(10)14/h3-4,7H,5-6,8H2,1-2H3. The Kier molecular flexibility index (Phi) is 3.59. The summed E-state index contributed by atoms with van der Waals surface area (Å²) in [6.45, 7) is 5.37. The average molecular weight is 272 g/mol. The van der Waals surface area contributed by atoms with Crippen LogP contribution in [-0.4, -0.2) is 36.1 Å². The normalized spacial score (nSPS) is 18.8. The summed E-state index contributed by atoms with van der Waals surface area (Å²) < 4.78 is 18.3. The minimum Gasteiger partial charge on any atom is -0.377 e. The largest absolute Gasteiger partial charge is 0.377 e. The third-order valence-corrected chi connectivity index (χ3v) is 3.36. The highest BCUT2D eigenvalue weighted by Crippen LogP contribution is 2.25. The summed E-state index contributed by atoms with van der Waals surface area (Å²) >= 11 is 5.92. The number of carbonyl (C=O) groups excluding carboxylic acids is 1. The summed E-state index contributed by atoms with van der Waals surface area (Å²) in [5.41, 5.74) is -0.0550. The number of ether oxygens (including phenoxy) is 1. The van der Waals surface area contributed by atoms with Crippen LogP contribution < -0.4 is 0 Å². The first kappa shape index (κ1) is 13.3. The number of morpholine rings is 1. The number of halogens is 2. The van der Waals surface area contributed by atoms with E-state index in [1.54, 1.807) is 4.90 Å². The molecule has 98 valence electrons. The number of carbonyl (C=O) groups is 1. The molecule has 1 aliphatic rings. The molecule has 0 aromatic heterocycles. The molecule has 0 saturated carbocycles. The maximum atomic E-state index is 13.0. The van der Waals surface area contributed by atoms with Gasteiger partial charge in [-0.05, 0) is 32.0 Å². The molecule has 1 fully saturated rings. The predicted octanol–water partition coefficient (Wildman–Crippen LogP) is 2.73. The van der Waals surface area contributed by atoms with Gasteiger partial charge in [0.1, 0.15) is 5.82 Å². The minimum absolute atomic E-state index is 0.141. The summed E-state index contributed by atoms with van der Waals surface area (Å²) in [6, 6.07) is 3.82. The van der Waals surface area contributed by atoms with Crippen LogP contribution >= 0.6 is 11.6 Å². The zero-order valence-electron chi connectivity index (χ0n) is 10.4. The molecule has 1 heterocycles. The Morgan fingerprint density at radius 2 is 2.22 bits per heavy atom. The Labute approximate surface area is 110 Å². The number of benzene rings is 1. The molecule has 5 heteroatoms. The van der Waals surface area contributed by atoms with Crippen molar-refractivity contribution in [2.45, 2.75) is 19.4 Å². The van der Waals surface area contributed by atoms with Crippen LogP contribution in [-0.2, 0) is 4.74 Å². The molecule has 1 saturated heterocycles. The van der Waals surface area contributed by atoms with Gasteiger partial charge in [0.15, 0.2) is 0 Å². The molecule has 1 amide bonds. The van der Waals surface area contributed by atoms with Crippen LogP contribution in [0.25, 0.3) is 0 Å². The van der Waals surface area contributed by atoms with Gasteiger partial charge in [0.05, 0.1) is 29.3 Å². The average Bonchev–Trinajstić information content (AvgIpc) is 2.27. The van der Waals surface area contributed by atoms with Crippen molar-refractivity contribution in [1.29, 1.82) is 0 Å². The summed E-state index contributed by atoms with van der Waals surface area (Å²) in [5, 5.41) is 0.141. The van der Waals surface area contributed by atoms with Crippen LogP contribution in [0.4, 0.5) is 4.39 Å². The van der Waals surface area contributed by atoms with E-state index in [9.17, 15) is 9.18 Å². The number of hydrogen-bond acceptors (Lipinski definition) is 2. The number of nitrogens with zero attached hydrogens (tertiary/aromatic N) is 1. The summed E-state index contributed by atoms with van der Waals surface area (Å²) in [6.07, 6.45) is 0. The molecular weight excluding hydrogens is 257 g/mol. The molecule has 0 bridgehead atoms. The van der Waals surface area contributed by atoms with Gasteiger partial charge >= 0.3 is 0 Å². The molecule has 1 aliphatic heterocycles. The molecule has 18 heavy (non-hydrogen) atoms. The van der Waals surface area contributed by atoms with Gasteiger partial charge in [0.2, 0.25) is 0 Å². The van der Waals surface area contributed by atoms with E-state index in [1.807, 2.05) is 13.8 Å². The Bertz CT molecular complexity index is 476. The third-order valence-electron chi connectivity index (χ3n) is 3.05. The van der Waals surface area contributed by atoms with Crippen LogP contribution in [0, 0.1) is 5.82 Å². The van der Waals surface area contributed by atoms with Gasteiger partial charge in [-0.1, -0.05) is 11.6 Å². The molecular formula is C13H15ClFNO2. The highest BCUT2D eigenvalue weighted by atomic mass is 35.5. The monoisotopic (exact) mass is 271 g/mol. The fourth-order valence-corrected chi connectivity index (χ4v) is 2.29. The molecule has 3 nitrogen and oxygen atoms in total. The van der Waals surface area contributed by atoms with E-state index in [4.69, 9.17) is 16.3 Å². The van der Waals surface area contributed by atoms with Crippen LogP contribution in [0.2, 0.25) is 5.02 Å². The maximum absolute atomic E-state index is 13.0. The lowest BCUT2D eigenvalue weighted by Crippen LogP contribution is -2.55. The van der Waals surface area contributed by atoms with E-state index in [2.05, 4.69) is 0 Å². The van der Waals surface area contributed by atoms with Gasteiger partial charge in [-0.25, -0.2) is 4.39 Å². The molecule has 1 aromatic carbocycles. The third kappa shape index (κ3) is 2.49. The van der Waals surface area contributed by atoms with Crippen molar-refractivity contribution in [2.75, 3.05) is 19.8 Å². The molecule has 0 unspecified atom stereocenters. The van der Waals surface area contributed by atoms with E-state index in [1.165, 1.54) is 12.1 Å². The van der Waals surface area contributed by atoms with Crippen molar-refractivity contribution in [1.82, 2.24) is 4.90 Å². The van der Waals surface area contributed by atoms with Crippen molar-refractivity contribution < 1.29 is 13.9 Å². The van der Waals surface area contributed by atoms with Crippen LogP contribution in [0.5, 0.6) is 0 Å². The zero-order valence-corrected chi connectivity index (χ0v) is 11.1. The van der Waals surface area contributed by atoms with Gasteiger partial charge in [-0.2, -0.15) is 0 Å². The van der Waals surface area contributed by atoms with E-state index in [0.29, 0.717) is 25.3 Å². The lowest BCUT2D eigenvalue weighted by Gasteiger charge is -2.42. The predicted molar refractivity (Wildman–Crippen MR) is 67.3 cm³/mol. The van der Waals surface area contributed by atoms with Crippen LogP contribution in [0.15, 0.2) is 18.2 Å². The Hall–Kier alpha value is -1.13. The summed E-state index contributed by atoms with van der Waals surface area (Å²) in [5.74, 6) is -0.633. The SMILES string of the molecule is CC1(C)COCCN1C(=O)c1ccc(F)cc1Cl. The summed E-state index contributed by atoms with van der Waals surface area (Å²) in [7, 11) is 0. The topological polar surface area (TPSA) is 29.5 Å². The number of hydrogen-bond donors (Lipinski definition) is 0. The second-order valence-electron chi connectivity index (χ2n) is 4.95. The van der Waals surface area contributed by atoms with Crippen molar-refractivity contribution >= 4 is 17.5 Å². The second kappa shape index (κ2) is 4.86. The molecule has 0 atom stereocenters. The number of rotatable bonds is 1. The van der Waals surface area contributed by atoms with Crippen molar-refractivity contribution in [3.05, 3.63) is 34.6 Å². The molecule has 0 aliphatic carbocycles. The zero-order chi connectivity index (χ0) is 13.3. The number of amides is 1. The van der Waals surface area contributed by atoms with Gasteiger partial charge in [0.25, 0.3) is 5.91 Å². The molecule has 2 rings (SSSR count). The van der Waals surface area contributed by atoms with Gasteiger partial charge in [-0.15, -0.1) is 0 Å². The van der Waals surface area contributed by atoms with Gasteiger partial charge in [-0.3, -0.25) is 4.79 Å². The van der Waals surface area contributed by atoms with E-state index < -0.39 is 5.82 Å². The van der Waals surface area contributed by atoms with Gasteiger partial charge in [0, 0.05) is 6.54 Å². The van der Waals surface area contributed by atoms with Crippen molar-refractivity contribution in [2.24, 2.45) is 0 Å². The van der Waals surface area contributed by atoms with Crippen LogP contribution in [0.1, 0.15) is 24.2 Å². The first-order chi connectivity index (χ1) is 8.42. The summed E-state index contributed by atoms with van der Waals surface area (Å²) in [4.78, 5) is 14.1. The van der Waals surface area contributed by atoms with E-state index >= 15 is 0 Å². The minimum atomic E-state index is -0.446. The van der Waals surface area contributed by atoms with Crippen LogP contribution in [0.3, 0.4) is 0 Å². The first-order valence-electron chi connectivity index (χ1n) is 5.76. The van der Waals surface area contributed by atoms with E-state index in [0.717, 1.165) is 6.07 Å². The fourth-order valence-electron chi connectivity index (χ4n) is 2.04. The highest BCUT2D eigenvalue weighted by Gasteiger charge is 2.35. The Morgan fingerprint density at radius 1 is 1.50 bits per heavy atom.